The van der Waals surface area contributed by atoms with E-state index >= 15 is 0 Å². The summed E-state index contributed by atoms with van der Waals surface area (Å²) in [7, 11) is 0. The lowest BCUT2D eigenvalue weighted by Crippen LogP contribution is -2.50. The van der Waals surface area contributed by atoms with E-state index in [4.69, 9.17) is 32.9 Å². The van der Waals surface area contributed by atoms with E-state index in [0.717, 1.165) is 35.4 Å². The second-order valence-corrected chi connectivity index (χ2v) is 13.6. The summed E-state index contributed by atoms with van der Waals surface area (Å²) in [5, 5.41) is 0.899. The number of imidazole rings is 1. The summed E-state index contributed by atoms with van der Waals surface area (Å²) in [6.45, 7) is 11.1. The molecule has 0 radical (unpaired) electrons. The Balaban J connectivity index is 1.38. The highest BCUT2D eigenvalue weighted by Crippen LogP contribution is 2.43. The molecule has 1 fully saturated rings. The van der Waals surface area contributed by atoms with Gasteiger partial charge in [-0.05, 0) is 63.6 Å². The molecule has 0 aliphatic carbocycles. The number of ether oxygens (including phenoxy) is 1. The third kappa shape index (κ3) is 6.43. The molecule has 218 valence electrons. The smallest absolute Gasteiger partial charge is 0.410 e. The maximum Gasteiger partial charge on any atom is 0.410 e. The van der Waals surface area contributed by atoms with Crippen molar-refractivity contribution in [1.29, 1.82) is 0 Å². The van der Waals surface area contributed by atoms with Gasteiger partial charge in [0.15, 0.2) is 0 Å². The Morgan fingerprint density at radius 3 is 2.29 bits per heavy atom. The van der Waals surface area contributed by atoms with Crippen molar-refractivity contribution in [3.63, 3.8) is 0 Å². The van der Waals surface area contributed by atoms with Crippen LogP contribution in [0.25, 0.3) is 0 Å². The van der Waals surface area contributed by atoms with Crippen molar-refractivity contribution in [2.45, 2.75) is 51.7 Å². The second kappa shape index (κ2) is 11.6. The van der Waals surface area contributed by atoms with Gasteiger partial charge in [0.2, 0.25) is 5.95 Å². The molecule has 3 aromatic rings. The molecule has 2 aromatic carbocycles. The lowest BCUT2D eigenvalue weighted by Gasteiger charge is -2.35. The first kappa shape index (κ1) is 29.9. The zero-order valence-corrected chi connectivity index (χ0v) is 26.8. The summed E-state index contributed by atoms with van der Waals surface area (Å²) in [5.74, 6) is 0.465. The van der Waals surface area contributed by atoms with Crippen LogP contribution in [-0.4, -0.2) is 69.7 Å². The second-order valence-electron chi connectivity index (χ2n) is 11.8. The van der Waals surface area contributed by atoms with Crippen molar-refractivity contribution in [2.75, 3.05) is 37.6 Å². The lowest BCUT2D eigenvalue weighted by atomic mass is 9.91. The number of nitrogens with zero attached hydrogens (tertiary/aromatic N) is 5. The van der Waals surface area contributed by atoms with Crippen LogP contribution in [0.1, 0.15) is 39.0 Å². The number of anilines is 2. The Labute approximate surface area is 259 Å². The molecule has 2 aliphatic heterocycles. The van der Waals surface area contributed by atoms with E-state index < -0.39 is 11.1 Å². The normalized spacial score (nSPS) is 19.5. The van der Waals surface area contributed by atoms with Gasteiger partial charge in [-0.25, -0.2) is 14.7 Å². The quantitative estimate of drug-likeness (QED) is 0.294. The first-order valence-corrected chi connectivity index (χ1v) is 15.2. The summed E-state index contributed by atoms with van der Waals surface area (Å²) in [4.78, 5) is 37.1. The predicted octanol–water partition coefficient (Wildman–Crippen LogP) is 6.68. The van der Waals surface area contributed by atoms with Gasteiger partial charge in [-0.3, -0.25) is 14.3 Å². The van der Waals surface area contributed by atoms with Crippen LogP contribution >= 0.6 is 39.1 Å². The van der Waals surface area contributed by atoms with Gasteiger partial charge in [-0.15, -0.1) is 0 Å². The fraction of sp³-hybridized carbons (Fsp3) is 0.433. The molecular weight excluding hydrogens is 629 g/mol. The van der Waals surface area contributed by atoms with Crippen LogP contribution in [0.3, 0.4) is 0 Å². The number of amides is 2. The molecule has 5 rings (SSSR count). The minimum Gasteiger partial charge on any atom is -0.444 e. The number of halogens is 3. The van der Waals surface area contributed by atoms with E-state index in [-0.39, 0.29) is 12.0 Å². The van der Waals surface area contributed by atoms with Gasteiger partial charge in [0.1, 0.15) is 11.1 Å². The molecule has 0 unspecified atom stereocenters. The number of aromatic nitrogens is 2. The van der Waals surface area contributed by atoms with E-state index in [1.54, 1.807) is 28.0 Å². The molecule has 41 heavy (non-hydrogen) atoms. The fourth-order valence-electron chi connectivity index (χ4n) is 5.48. The van der Waals surface area contributed by atoms with Crippen molar-refractivity contribution < 1.29 is 14.3 Å². The van der Waals surface area contributed by atoms with E-state index in [2.05, 4.69) is 25.4 Å². The van der Waals surface area contributed by atoms with Crippen molar-refractivity contribution >= 4 is 62.8 Å². The van der Waals surface area contributed by atoms with Crippen molar-refractivity contribution in [3.8, 4) is 0 Å². The summed E-state index contributed by atoms with van der Waals surface area (Å²) < 4.78 is 8.59. The Morgan fingerprint density at radius 1 is 1.05 bits per heavy atom. The van der Waals surface area contributed by atoms with Crippen molar-refractivity contribution in [3.05, 3.63) is 74.4 Å². The Morgan fingerprint density at radius 2 is 1.68 bits per heavy atom. The molecule has 1 saturated heterocycles. The molecule has 1 aromatic heterocycles. The average Bonchev–Trinajstić information content (AvgIpc) is 3.40. The molecule has 1 atom stereocenters. The molecule has 8 nitrogen and oxygen atoms in total. The minimum absolute atomic E-state index is 0.0888. The SMILES string of the molecule is CC(C)(C)OC(=O)N1CCN(CCc2cnc3n2[C@](C)(Cc2ccc(Br)cc2)C(=O)N3c2cc(Cl)cc(Cl)c2)CC1. The van der Waals surface area contributed by atoms with E-state index in [9.17, 15) is 9.59 Å². The number of carbonyl (C=O) groups is 2. The minimum atomic E-state index is -0.904. The summed E-state index contributed by atoms with van der Waals surface area (Å²) in [6, 6.07) is 13.1. The van der Waals surface area contributed by atoms with Crippen LogP contribution in [0.4, 0.5) is 16.4 Å². The number of piperazine rings is 1. The zero-order valence-electron chi connectivity index (χ0n) is 23.7. The highest BCUT2D eigenvalue weighted by Gasteiger charge is 2.50. The molecule has 0 N–H and O–H groups in total. The average molecular weight is 663 g/mol. The number of hydrogen-bond donors (Lipinski definition) is 0. The molecule has 11 heteroatoms. The molecule has 2 amide bonds. The summed E-state index contributed by atoms with van der Waals surface area (Å²) >= 11 is 16.2. The monoisotopic (exact) mass is 661 g/mol. The van der Waals surface area contributed by atoms with Crippen LogP contribution in [0.15, 0.2) is 53.1 Å². The van der Waals surface area contributed by atoms with Gasteiger partial charge >= 0.3 is 6.09 Å². The van der Waals surface area contributed by atoms with E-state index in [1.807, 2.05) is 58.2 Å². The van der Waals surface area contributed by atoms with Crippen LogP contribution < -0.4 is 4.90 Å². The first-order valence-electron chi connectivity index (χ1n) is 13.7. The van der Waals surface area contributed by atoms with Crippen LogP contribution in [-0.2, 0) is 27.9 Å². The van der Waals surface area contributed by atoms with Gasteiger partial charge in [0, 0.05) is 65.8 Å². The number of hydrogen-bond acceptors (Lipinski definition) is 5. The molecule has 2 aliphatic rings. The number of fused-ring (bicyclic) bond motifs is 1. The molecule has 0 bridgehead atoms. The summed E-state index contributed by atoms with van der Waals surface area (Å²) in [6.07, 6.45) is 2.79. The standard InChI is InChI=1S/C30H34BrCl2N5O3/c1-29(2,3)41-28(40)36-13-11-35(12-14-36)10-9-24-19-34-27-37(25-16-22(32)15-23(33)17-25)26(39)30(4,38(24)27)18-20-5-7-21(31)8-6-20/h5-8,15-17,19H,9-14,18H2,1-4H3/t30-/m1/s1. The van der Waals surface area contributed by atoms with Crippen LogP contribution in [0.2, 0.25) is 10.0 Å². The van der Waals surface area contributed by atoms with E-state index in [0.29, 0.717) is 47.6 Å². The summed E-state index contributed by atoms with van der Waals surface area (Å²) in [5.41, 5.74) is 1.18. The maximum absolute atomic E-state index is 14.2. The number of carbonyl (C=O) groups excluding carboxylic acids is 2. The van der Waals surface area contributed by atoms with Gasteiger partial charge in [-0.2, -0.15) is 0 Å². The first-order chi connectivity index (χ1) is 19.3. The van der Waals surface area contributed by atoms with Crippen molar-refractivity contribution in [2.24, 2.45) is 0 Å². The molecule has 0 saturated carbocycles. The lowest BCUT2D eigenvalue weighted by molar-refractivity contribution is -0.124. The molecular formula is C30H34BrCl2N5O3. The highest BCUT2D eigenvalue weighted by atomic mass is 79.9. The predicted molar refractivity (Wildman–Crippen MR) is 165 cm³/mol. The Bertz CT molecular complexity index is 1430. The Hall–Kier alpha value is -2.59. The van der Waals surface area contributed by atoms with Crippen LogP contribution in [0.5, 0.6) is 0 Å². The highest BCUT2D eigenvalue weighted by molar-refractivity contribution is 9.10. The topological polar surface area (TPSA) is 70.9 Å². The number of rotatable bonds is 6. The maximum atomic E-state index is 14.2. The van der Waals surface area contributed by atoms with Crippen LogP contribution in [0, 0.1) is 0 Å². The Kier molecular flexibility index (Phi) is 8.45. The molecule has 0 spiro atoms. The van der Waals surface area contributed by atoms with Gasteiger partial charge in [0.05, 0.1) is 11.9 Å². The van der Waals surface area contributed by atoms with Gasteiger partial charge in [-0.1, -0.05) is 51.3 Å². The van der Waals surface area contributed by atoms with Gasteiger partial charge < -0.3 is 9.64 Å². The third-order valence-corrected chi connectivity index (χ3v) is 8.41. The fourth-order valence-corrected chi connectivity index (χ4v) is 6.26. The molecule has 3 heterocycles. The zero-order chi connectivity index (χ0) is 29.5. The van der Waals surface area contributed by atoms with Crippen molar-refractivity contribution in [1.82, 2.24) is 19.4 Å². The largest absolute Gasteiger partial charge is 0.444 e. The third-order valence-electron chi connectivity index (χ3n) is 7.45. The number of benzene rings is 2. The van der Waals surface area contributed by atoms with E-state index in [1.165, 1.54) is 0 Å². The van der Waals surface area contributed by atoms with Gasteiger partial charge in [0.25, 0.3) is 5.91 Å².